The lowest BCUT2D eigenvalue weighted by molar-refractivity contribution is 0.957. The van der Waals surface area contributed by atoms with Crippen LogP contribution in [0.2, 0.25) is 0 Å². The Labute approximate surface area is 144 Å². The van der Waals surface area contributed by atoms with Crippen molar-refractivity contribution in [2.75, 3.05) is 13.1 Å². The maximum atomic E-state index is 5.17. The van der Waals surface area contributed by atoms with Crippen LogP contribution in [0.15, 0.2) is 59.6 Å². The number of allylic oxidation sites excluding steroid dienone is 1. The number of nitrogens with zero attached hydrogens (tertiary/aromatic N) is 1. The van der Waals surface area contributed by atoms with Crippen LogP contribution in [0.4, 0.5) is 0 Å². The van der Waals surface area contributed by atoms with Crippen LogP contribution >= 0.6 is 0 Å². The molecule has 0 saturated carbocycles. The zero-order valence-electron chi connectivity index (χ0n) is 14.3. The Morgan fingerprint density at radius 3 is 2.00 bits per heavy atom. The molecule has 0 unspecified atom stereocenters. The zero-order valence-corrected chi connectivity index (χ0v) is 14.3. The van der Waals surface area contributed by atoms with E-state index in [1.54, 1.807) is 0 Å². The molecule has 0 saturated heterocycles. The minimum absolute atomic E-state index is 0.579. The zero-order chi connectivity index (χ0) is 16.8. The molecule has 2 aromatic rings. The summed E-state index contributed by atoms with van der Waals surface area (Å²) in [6.07, 6.45) is 5.74. The van der Waals surface area contributed by atoms with Gasteiger partial charge >= 0.3 is 0 Å². The van der Waals surface area contributed by atoms with E-state index in [0.29, 0.717) is 5.96 Å². The predicted molar refractivity (Wildman–Crippen MR) is 102 cm³/mol. The third kappa shape index (κ3) is 3.67. The van der Waals surface area contributed by atoms with Gasteiger partial charge in [-0.25, -0.2) is 0 Å². The van der Waals surface area contributed by atoms with Crippen LogP contribution in [0.1, 0.15) is 35.6 Å². The Balaban J connectivity index is 0.000000238. The summed E-state index contributed by atoms with van der Waals surface area (Å²) in [4.78, 5) is 3.82. The van der Waals surface area contributed by atoms with Crippen LogP contribution in [0, 0.1) is 0 Å². The van der Waals surface area contributed by atoms with Gasteiger partial charge in [0.2, 0.25) is 0 Å². The molecule has 1 heterocycles. The fourth-order valence-corrected chi connectivity index (χ4v) is 3.26. The second kappa shape index (κ2) is 7.82. The van der Waals surface area contributed by atoms with E-state index in [0.717, 1.165) is 32.4 Å². The van der Waals surface area contributed by atoms with Crippen molar-refractivity contribution >= 4 is 11.5 Å². The van der Waals surface area contributed by atoms with E-state index in [-0.39, 0.29) is 0 Å². The summed E-state index contributed by atoms with van der Waals surface area (Å²) in [7, 11) is 0. The van der Waals surface area contributed by atoms with Gasteiger partial charge in [0.25, 0.3) is 0 Å². The van der Waals surface area contributed by atoms with E-state index in [1.807, 2.05) is 0 Å². The molecule has 0 aromatic heterocycles. The third-order valence-corrected chi connectivity index (χ3v) is 4.39. The molecule has 24 heavy (non-hydrogen) atoms. The number of benzene rings is 2. The number of aliphatic imine (C=N–C) groups is 1. The smallest absolute Gasteiger partial charge is 0.188 e. The first kappa shape index (κ1) is 16.3. The molecule has 0 atom stereocenters. The highest BCUT2D eigenvalue weighted by Gasteiger charge is 2.16. The van der Waals surface area contributed by atoms with Crippen molar-refractivity contribution < 1.29 is 0 Å². The SMILES string of the molecule is CCC=C1c2ccccc2CCc2ccccc21.NC1=NCCN1. The van der Waals surface area contributed by atoms with Gasteiger partial charge in [0, 0.05) is 6.54 Å². The van der Waals surface area contributed by atoms with Crippen LogP contribution in [-0.2, 0) is 12.8 Å². The molecule has 1 aliphatic carbocycles. The minimum Gasteiger partial charge on any atom is -0.370 e. The first-order chi connectivity index (χ1) is 11.8. The second-order valence-corrected chi connectivity index (χ2v) is 6.03. The minimum atomic E-state index is 0.579. The Kier molecular flexibility index (Phi) is 5.32. The second-order valence-electron chi connectivity index (χ2n) is 6.03. The van der Waals surface area contributed by atoms with E-state index < -0.39 is 0 Å². The molecule has 2 aliphatic rings. The summed E-state index contributed by atoms with van der Waals surface area (Å²) >= 11 is 0. The summed E-state index contributed by atoms with van der Waals surface area (Å²) in [5.74, 6) is 0.579. The van der Waals surface area contributed by atoms with Gasteiger partial charge in [-0.1, -0.05) is 61.5 Å². The molecule has 0 fully saturated rings. The Hall–Kier alpha value is -2.55. The standard InChI is InChI=1S/C18H18.C3H7N3/c1-2-7-18-16-10-5-3-8-14(16)12-13-15-9-4-6-11-17(15)18;4-3-5-1-2-6-3/h3-11H,2,12-13H2,1H3;1-2H2,(H3,4,5,6). The molecule has 3 heteroatoms. The van der Waals surface area contributed by atoms with Crippen LogP contribution in [0.25, 0.3) is 5.57 Å². The van der Waals surface area contributed by atoms with Gasteiger partial charge in [0.05, 0.1) is 6.54 Å². The van der Waals surface area contributed by atoms with Gasteiger partial charge in [-0.05, 0) is 47.1 Å². The van der Waals surface area contributed by atoms with Gasteiger partial charge in [-0.2, -0.15) is 0 Å². The predicted octanol–water partition coefficient (Wildman–Crippen LogP) is 3.53. The lowest BCUT2D eigenvalue weighted by atomic mass is 9.93. The average Bonchev–Trinajstić information content (AvgIpc) is 3.04. The first-order valence-electron chi connectivity index (χ1n) is 8.70. The largest absolute Gasteiger partial charge is 0.370 e. The van der Waals surface area contributed by atoms with Gasteiger partial charge < -0.3 is 11.1 Å². The van der Waals surface area contributed by atoms with E-state index >= 15 is 0 Å². The molecule has 0 radical (unpaired) electrons. The van der Waals surface area contributed by atoms with Gasteiger partial charge in [-0.15, -0.1) is 0 Å². The van der Waals surface area contributed by atoms with Crippen LogP contribution in [-0.4, -0.2) is 19.0 Å². The molecule has 4 rings (SSSR count). The molecule has 1 aliphatic heterocycles. The molecule has 3 N–H and O–H groups in total. The maximum Gasteiger partial charge on any atom is 0.188 e. The Bertz CT molecular complexity index is 710. The molecule has 0 bridgehead atoms. The molecule has 124 valence electrons. The summed E-state index contributed by atoms with van der Waals surface area (Å²) in [5, 5.41) is 2.85. The van der Waals surface area contributed by atoms with Crippen molar-refractivity contribution in [3.8, 4) is 0 Å². The van der Waals surface area contributed by atoms with E-state index in [9.17, 15) is 0 Å². The maximum absolute atomic E-state index is 5.17. The fourth-order valence-electron chi connectivity index (χ4n) is 3.26. The fraction of sp³-hybridized carbons (Fsp3) is 0.286. The quantitative estimate of drug-likeness (QED) is 0.845. The van der Waals surface area contributed by atoms with Crippen molar-refractivity contribution in [3.05, 3.63) is 76.9 Å². The monoisotopic (exact) mass is 319 g/mol. The normalized spacial score (nSPS) is 15.0. The van der Waals surface area contributed by atoms with Crippen LogP contribution in [0.5, 0.6) is 0 Å². The lowest BCUT2D eigenvalue weighted by Crippen LogP contribution is -2.26. The molecule has 0 amide bonds. The summed E-state index contributed by atoms with van der Waals surface area (Å²) in [6, 6.07) is 17.7. The van der Waals surface area contributed by atoms with Crippen molar-refractivity contribution in [1.82, 2.24) is 5.32 Å². The molecular formula is C21H25N3. The van der Waals surface area contributed by atoms with E-state index in [4.69, 9.17) is 5.73 Å². The summed E-state index contributed by atoms with van der Waals surface area (Å²) in [6.45, 7) is 3.96. The summed E-state index contributed by atoms with van der Waals surface area (Å²) < 4.78 is 0. The number of fused-ring (bicyclic) bond motifs is 2. The van der Waals surface area contributed by atoms with Gasteiger partial charge in [0.15, 0.2) is 5.96 Å². The van der Waals surface area contributed by atoms with Gasteiger partial charge in [0.1, 0.15) is 0 Å². The first-order valence-corrected chi connectivity index (χ1v) is 8.70. The van der Waals surface area contributed by atoms with E-state index in [2.05, 4.69) is 71.8 Å². The Morgan fingerprint density at radius 2 is 1.58 bits per heavy atom. The highest BCUT2D eigenvalue weighted by molar-refractivity contribution is 5.83. The number of hydrogen-bond acceptors (Lipinski definition) is 3. The molecule has 2 aromatic carbocycles. The van der Waals surface area contributed by atoms with Crippen molar-refractivity contribution in [2.45, 2.75) is 26.2 Å². The van der Waals surface area contributed by atoms with Gasteiger partial charge in [-0.3, -0.25) is 4.99 Å². The van der Waals surface area contributed by atoms with Crippen LogP contribution < -0.4 is 11.1 Å². The number of rotatable bonds is 1. The Morgan fingerprint density at radius 1 is 1.00 bits per heavy atom. The highest BCUT2D eigenvalue weighted by Crippen LogP contribution is 2.33. The lowest BCUT2D eigenvalue weighted by Gasteiger charge is -2.11. The number of nitrogens with one attached hydrogen (secondary N) is 1. The number of aryl methyl sites for hydroxylation is 2. The molecular weight excluding hydrogens is 294 g/mol. The molecule has 0 spiro atoms. The summed E-state index contributed by atoms with van der Waals surface area (Å²) in [5.41, 5.74) is 12.4. The molecule has 3 nitrogen and oxygen atoms in total. The number of hydrogen-bond donors (Lipinski definition) is 2. The highest BCUT2D eigenvalue weighted by atomic mass is 15.1. The number of guanidine groups is 1. The number of nitrogens with two attached hydrogens (primary N) is 1. The van der Waals surface area contributed by atoms with Crippen molar-refractivity contribution in [3.63, 3.8) is 0 Å². The van der Waals surface area contributed by atoms with Crippen LogP contribution in [0.3, 0.4) is 0 Å². The third-order valence-electron chi connectivity index (χ3n) is 4.39. The van der Waals surface area contributed by atoms with Crippen molar-refractivity contribution in [2.24, 2.45) is 10.7 Å². The van der Waals surface area contributed by atoms with E-state index in [1.165, 1.54) is 27.8 Å². The average molecular weight is 319 g/mol. The topological polar surface area (TPSA) is 50.4 Å². The van der Waals surface area contributed by atoms with Crippen molar-refractivity contribution in [1.29, 1.82) is 0 Å².